The molecule has 0 bridgehead atoms. The van der Waals surface area contributed by atoms with Crippen molar-refractivity contribution in [1.29, 1.82) is 0 Å². The number of nitrogens with zero attached hydrogens (tertiary/aromatic N) is 2. The molecule has 0 aliphatic heterocycles. The molecule has 45 heavy (non-hydrogen) atoms. The van der Waals surface area contributed by atoms with Gasteiger partial charge in [0.1, 0.15) is 32.9 Å². The van der Waals surface area contributed by atoms with E-state index in [-0.39, 0.29) is 169 Å². The number of hydrogen-bond acceptors (Lipinski definition) is 13. The third kappa shape index (κ3) is 19.6. The number of halogens is 3. The van der Waals surface area contributed by atoms with Crippen LogP contribution in [0.15, 0.2) is 52.4 Å². The van der Waals surface area contributed by atoms with E-state index < -0.39 is 5.97 Å². The predicted octanol–water partition coefficient (Wildman–Crippen LogP) is 0.0368. The summed E-state index contributed by atoms with van der Waals surface area (Å²) in [5.41, 5.74) is 1.27. The minimum Gasteiger partial charge on any atom is -1.00 e. The molecule has 2 aromatic carbocycles. The second-order valence-electron chi connectivity index (χ2n) is 7.44. The standard InChI is InChI=1S/C13H12FNO3S.C7H8BrNO2S.C6H5FO.CH2O3.2Cs.H/c1-3-17-12(16)11-8(2)15-13(19-11)18-10-6-4-9(14)5-7-10;1-3-11-6(10)5-4(2)9-7(8)12-5;7-5-1-3-6(8)4-2-5;2-1-4-3;;;/h4-7H,3H2,1-2H3;3H2,1-2H3;1-4,8H;1,3H;;;/q;;;;2*+1;-1/p-1. The maximum absolute atomic E-state index is 12.8. The largest absolute Gasteiger partial charge is 1.00 e. The average Bonchev–Trinajstić information content (AvgIpc) is 3.52. The normalized spacial score (nSPS) is 9.07. The third-order valence-electron chi connectivity index (χ3n) is 4.35. The molecule has 4 rings (SSSR count). The zero-order valence-electron chi connectivity index (χ0n) is 26.2. The van der Waals surface area contributed by atoms with Crippen LogP contribution in [0, 0.1) is 25.5 Å². The van der Waals surface area contributed by atoms with Crippen LogP contribution in [0.2, 0.25) is 0 Å². The van der Waals surface area contributed by atoms with Crippen molar-refractivity contribution >= 4 is 57.0 Å². The van der Waals surface area contributed by atoms with E-state index >= 15 is 0 Å². The Kier molecular flexibility index (Phi) is 28.3. The summed E-state index contributed by atoms with van der Waals surface area (Å²) in [6, 6.07) is 10.6. The van der Waals surface area contributed by atoms with Crippen LogP contribution >= 0.6 is 38.6 Å². The number of carbonyl (C=O) groups excluding carboxylic acids is 3. The Balaban J connectivity index is -0.000000592. The number of carbonyl (C=O) groups is 3. The Hall–Kier alpha value is 0.114. The minimum absolute atomic E-state index is 0. The van der Waals surface area contributed by atoms with Crippen molar-refractivity contribution in [2.24, 2.45) is 0 Å². The predicted molar refractivity (Wildman–Crippen MR) is 156 cm³/mol. The van der Waals surface area contributed by atoms with Gasteiger partial charge >= 0.3 is 150 Å². The Morgan fingerprint density at radius 1 is 0.889 bits per heavy atom. The van der Waals surface area contributed by atoms with Gasteiger partial charge in [0.25, 0.3) is 11.7 Å². The van der Waals surface area contributed by atoms with Crippen molar-refractivity contribution in [2.45, 2.75) is 27.7 Å². The van der Waals surface area contributed by atoms with Crippen molar-refractivity contribution in [1.82, 2.24) is 9.97 Å². The molecule has 4 aromatic rings. The average molecular weight is 971 g/mol. The van der Waals surface area contributed by atoms with Gasteiger partial charge in [-0.2, -0.15) is 0 Å². The molecule has 0 aliphatic carbocycles. The number of aromatic hydroxyl groups is 1. The molecule has 2 heterocycles. The van der Waals surface area contributed by atoms with Gasteiger partial charge < -0.3 is 30.9 Å². The van der Waals surface area contributed by atoms with E-state index in [1.54, 1.807) is 27.7 Å². The molecule has 0 atom stereocenters. The molecule has 234 valence electrons. The Bertz CT molecular complexity index is 1430. The van der Waals surface area contributed by atoms with E-state index in [1.165, 1.54) is 59.9 Å². The Labute approximate surface area is 393 Å². The number of hydrogen-bond donors (Lipinski definition) is 1. The maximum atomic E-state index is 12.8. The third-order valence-corrected chi connectivity index (χ3v) is 6.96. The summed E-state index contributed by atoms with van der Waals surface area (Å²) in [5.74, 6) is -0.820. The number of aryl methyl sites for hydroxylation is 2. The van der Waals surface area contributed by atoms with Gasteiger partial charge in [0.2, 0.25) is 0 Å². The van der Waals surface area contributed by atoms with Gasteiger partial charge in [-0.15, -0.1) is 0 Å². The van der Waals surface area contributed by atoms with E-state index in [4.69, 9.17) is 29.4 Å². The van der Waals surface area contributed by atoms with Crippen molar-refractivity contribution in [3.8, 4) is 16.7 Å². The number of phenols is 1. The molecule has 0 spiro atoms. The smallest absolute Gasteiger partial charge is 1.00 e. The van der Waals surface area contributed by atoms with Crippen LogP contribution in [-0.4, -0.2) is 46.7 Å². The first-order chi connectivity index (χ1) is 20.4. The van der Waals surface area contributed by atoms with Gasteiger partial charge in [-0.25, -0.2) is 28.3 Å². The van der Waals surface area contributed by atoms with Crippen LogP contribution in [0.4, 0.5) is 8.78 Å². The summed E-state index contributed by atoms with van der Waals surface area (Å²) < 4.78 is 40.6. The summed E-state index contributed by atoms with van der Waals surface area (Å²) in [7, 11) is 0. The Morgan fingerprint density at radius 2 is 1.31 bits per heavy atom. The second-order valence-corrected chi connectivity index (χ2v) is 10.7. The second kappa shape index (κ2) is 27.0. The number of esters is 2. The van der Waals surface area contributed by atoms with E-state index in [0.717, 1.165) is 11.3 Å². The summed E-state index contributed by atoms with van der Waals surface area (Å²) in [4.78, 5) is 43.2. The molecular formula is C27H27BrCs2F2N2O9S2. The van der Waals surface area contributed by atoms with Gasteiger partial charge in [0, 0.05) is 0 Å². The van der Waals surface area contributed by atoms with E-state index in [9.17, 15) is 18.4 Å². The van der Waals surface area contributed by atoms with Crippen LogP contribution in [0.3, 0.4) is 0 Å². The van der Waals surface area contributed by atoms with Crippen molar-refractivity contribution in [2.75, 3.05) is 13.2 Å². The van der Waals surface area contributed by atoms with Gasteiger partial charge in [-0.1, -0.05) is 22.7 Å². The first kappa shape index (κ1) is 47.2. The first-order valence-electron chi connectivity index (χ1n) is 12.0. The van der Waals surface area contributed by atoms with Crippen molar-refractivity contribution in [3.63, 3.8) is 0 Å². The zero-order valence-corrected chi connectivity index (χ0v) is 40.9. The van der Waals surface area contributed by atoms with Crippen molar-refractivity contribution in [3.05, 3.63) is 85.2 Å². The summed E-state index contributed by atoms with van der Waals surface area (Å²) in [6.45, 7) is 7.54. The van der Waals surface area contributed by atoms with Crippen molar-refractivity contribution < 1.29 is 192 Å². The zero-order chi connectivity index (χ0) is 32.4. The summed E-state index contributed by atoms with van der Waals surface area (Å²) in [5, 5.41) is 17.3. The van der Waals surface area contributed by atoms with Crippen LogP contribution in [-0.2, 0) is 19.2 Å². The molecule has 0 aliphatic rings. The minimum atomic E-state index is -0.411. The molecule has 18 heteroatoms. The number of benzene rings is 2. The van der Waals surface area contributed by atoms with Gasteiger partial charge in [-0.3, -0.25) is 4.79 Å². The molecule has 0 saturated heterocycles. The Morgan fingerprint density at radius 3 is 1.69 bits per heavy atom. The molecule has 0 unspecified atom stereocenters. The van der Waals surface area contributed by atoms with Gasteiger partial charge in [0.15, 0.2) is 3.92 Å². The SMILES string of the molecule is CCOC(=O)c1sc(Br)nc1C.CCOC(=O)c1sc(Oc2ccc(F)cc2)nc1C.O=CO[O-].Oc1ccc(F)cc1.[Cs+].[Cs+].[H-]. The van der Waals surface area contributed by atoms with Gasteiger partial charge in [-0.05, 0) is 92.2 Å². The van der Waals surface area contributed by atoms with Gasteiger partial charge in [0.05, 0.1) is 24.6 Å². The topological polar surface area (TPSA) is 157 Å². The quantitative estimate of drug-likeness (QED) is 0.116. The molecule has 0 amide bonds. The van der Waals surface area contributed by atoms with Crippen LogP contribution in [0.25, 0.3) is 0 Å². The fourth-order valence-electron chi connectivity index (χ4n) is 2.60. The first-order valence-corrected chi connectivity index (χ1v) is 14.4. The van der Waals surface area contributed by atoms with Crippen LogP contribution in [0.5, 0.6) is 16.7 Å². The summed E-state index contributed by atoms with van der Waals surface area (Å²) >= 11 is 5.60. The maximum Gasteiger partial charge on any atom is 1.00 e. The molecular weight excluding hydrogens is 944 g/mol. The fourth-order valence-corrected chi connectivity index (χ4v) is 4.86. The van der Waals surface area contributed by atoms with E-state index in [1.807, 2.05) is 0 Å². The molecule has 0 radical (unpaired) electrons. The number of phenolic OH excluding ortho intramolecular Hbond substituents is 1. The van der Waals surface area contributed by atoms with E-state index in [0.29, 0.717) is 49.2 Å². The molecule has 1 N–H and O–H groups in total. The van der Waals surface area contributed by atoms with E-state index in [2.05, 4.69) is 30.8 Å². The number of rotatable bonds is 7. The molecule has 0 fully saturated rings. The molecule has 0 saturated carbocycles. The van der Waals surface area contributed by atoms with Crippen LogP contribution < -0.4 is 148 Å². The number of ether oxygens (including phenoxy) is 3. The monoisotopic (exact) mass is 970 g/mol. The molecule has 2 aromatic heterocycles. The summed E-state index contributed by atoms with van der Waals surface area (Å²) in [6.07, 6.45) is 0. The fraction of sp³-hybridized carbons (Fsp3) is 0.222. The van der Waals surface area contributed by atoms with Crippen LogP contribution in [0.1, 0.15) is 46.0 Å². The number of thiazole rings is 2. The molecule has 11 nitrogen and oxygen atoms in total. The number of aromatic nitrogens is 2.